The summed E-state index contributed by atoms with van der Waals surface area (Å²) >= 11 is 0. The molecule has 35 heavy (non-hydrogen) atoms. The number of likely N-dealkylation sites (tertiary alicyclic amines) is 1. The van der Waals surface area contributed by atoms with E-state index in [0.29, 0.717) is 12.0 Å². The van der Waals surface area contributed by atoms with E-state index in [9.17, 15) is 4.79 Å². The van der Waals surface area contributed by atoms with Crippen LogP contribution in [0.5, 0.6) is 0 Å². The highest BCUT2D eigenvalue weighted by Crippen LogP contribution is 2.35. The Hall–Kier alpha value is -2.17. The molecule has 1 saturated carbocycles. The molecule has 3 aliphatic heterocycles. The highest BCUT2D eigenvalue weighted by Gasteiger charge is 2.34. The van der Waals surface area contributed by atoms with Gasteiger partial charge >= 0.3 is 0 Å². The lowest BCUT2D eigenvalue weighted by Crippen LogP contribution is -2.46. The van der Waals surface area contributed by atoms with Crippen molar-refractivity contribution < 1.29 is 4.79 Å². The monoisotopic (exact) mass is 471 g/mol. The van der Waals surface area contributed by atoms with E-state index in [0.717, 1.165) is 57.2 Å². The van der Waals surface area contributed by atoms with Crippen molar-refractivity contribution in [2.24, 2.45) is 0 Å². The molecule has 1 atom stereocenters. The topological polar surface area (TPSA) is 35.6 Å². The molecule has 0 bridgehead atoms. The second kappa shape index (κ2) is 10.4. The van der Waals surface area contributed by atoms with E-state index < -0.39 is 0 Å². The number of fused-ring (bicyclic) bond motifs is 1. The van der Waals surface area contributed by atoms with E-state index in [1.165, 1.54) is 68.1 Å². The molecule has 3 fully saturated rings. The van der Waals surface area contributed by atoms with Crippen molar-refractivity contribution in [3.05, 3.63) is 70.3 Å². The Kier molecular flexibility index (Phi) is 6.93. The first kappa shape index (κ1) is 23.2. The van der Waals surface area contributed by atoms with Crippen LogP contribution in [0.25, 0.3) is 0 Å². The van der Waals surface area contributed by atoms with Crippen molar-refractivity contribution in [3.63, 3.8) is 0 Å². The Morgan fingerprint density at radius 2 is 1.54 bits per heavy atom. The molecule has 4 heteroatoms. The van der Waals surface area contributed by atoms with Crippen molar-refractivity contribution in [1.82, 2.24) is 15.1 Å². The summed E-state index contributed by atoms with van der Waals surface area (Å²) in [7, 11) is 0. The number of carbonyl (C=O) groups is 1. The smallest absolute Gasteiger partial charge is 0.254 e. The number of nitrogens with one attached hydrogen (secondary N) is 1. The number of rotatable bonds is 5. The zero-order valence-electron chi connectivity index (χ0n) is 21.2. The summed E-state index contributed by atoms with van der Waals surface area (Å²) in [6, 6.07) is 16.6. The molecule has 0 radical (unpaired) electrons. The van der Waals surface area contributed by atoms with E-state index >= 15 is 0 Å². The second-order valence-corrected chi connectivity index (χ2v) is 11.5. The van der Waals surface area contributed by atoms with E-state index in [1.807, 2.05) is 0 Å². The molecule has 4 nitrogen and oxygen atoms in total. The van der Waals surface area contributed by atoms with Crippen LogP contribution in [0.1, 0.15) is 102 Å². The largest absolute Gasteiger partial charge is 0.330 e. The Labute approximate surface area is 211 Å². The third-order valence-corrected chi connectivity index (χ3v) is 9.19. The third-order valence-electron chi connectivity index (χ3n) is 9.19. The maximum Gasteiger partial charge on any atom is 0.254 e. The number of nitrogens with zero attached hydrogens (tertiary/aromatic N) is 2. The van der Waals surface area contributed by atoms with Gasteiger partial charge in [0.25, 0.3) is 5.91 Å². The lowest BCUT2D eigenvalue weighted by molar-refractivity contribution is 0.0674. The summed E-state index contributed by atoms with van der Waals surface area (Å²) in [5, 5.41) is 3.46. The van der Waals surface area contributed by atoms with Crippen molar-refractivity contribution in [3.8, 4) is 0 Å². The lowest BCUT2D eigenvalue weighted by Gasteiger charge is -2.32. The van der Waals surface area contributed by atoms with Gasteiger partial charge in [-0.15, -0.1) is 0 Å². The van der Waals surface area contributed by atoms with Crippen molar-refractivity contribution >= 4 is 5.91 Å². The standard InChI is InChI=1S/C31H41N3O/c35-31-30-13-12-27(19-28(30)22-34(31)29-7-4-16-32-20-29)26-14-17-33(18-15-26)21-23-8-10-25(11-9-23)24-5-2-1-3-6-24/h8-13,19,24,26,29,32H,1-7,14-18,20-22H2. The van der Waals surface area contributed by atoms with Crippen LogP contribution >= 0.6 is 0 Å². The van der Waals surface area contributed by atoms with Gasteiger partial charge in [0.1, 0.15) is 0 Å². The molecule has 2 aromatic carbocycles. The van der Waals surface area contributed by atoms with Gasteiger partial charge in [-0.25, -0.2) is 0 Å². The molecule has 2 saturated heterocycles. The maximum atomic E-state index is 13.0. The fourth-order valence-electron chi connectivity index (χ4n) is 7.03. The number of amides is 1. The molecule has 0 aromatic heterocycles. The summed E-state index contributed by atoms with van der Waals surface area (Å²) in [6.07, 6.45) is 11.7. The number of hydrogen-bond donors (Lipinski definition) is 1. The summed E-state index contributed by atoms with van der Waals surface area (Å²) in [5.74, 6) is 1.65. The Morgan fingerprint density at radius 3 is 2.29 bits per heavy atom. The normalized spacial score (nSPS) is 24.6. The molecule has 186 valence electrons. The molecule has 4 aliphatic rings. The van der Waals surface area contributed by atoms with Gasteiger partial charge in [-0.2, -0.15) is 0 Å². The van der Waals surface area contributed by atoms with Gasteiger partial charge in [-0.3, -0.25) is 9.69 Å². The molecular formula is C31H41N3O. The molecule has 2 aromatic rings. The first-order chi connectivity index (χ1) is 17.2. The fourth-order valence-corrected chi connectivity index (χ4v) is 7.03. The van der Waals surface area contributed by atoms with Crippen molar-refractivity contribution in [2.45, 2.75) is 88.8 Å². The van der Waals surface area contributed by atoms with Gasteiger partial charge < -0.3 is 10.2 Å². The van der Waals surface area contributed by atoms with Crippen LogP contribution in [-0.4, -0.2) is 47.9 Å². The minimum atomic E-state index is 0.240. The third kappa shape index (κ3) is 5.06. The van der Waals surface area contributed by atoms with E-state index in [2.05, 4.69) is 57.6 Å². The van der Waals surface area contributed by atoms with E-state index in [1.54, 1.807) is 5.56 Å². The minimum absolute atomic E-state index is 0.240. The average Bonchev–Trinajstić information content (AvgIpc) is 3.26. The number of benzene rings is 2. The van der Waals surface area contributed by atoms with Crippen LogP contribution in [0.2, 0.25) is 0 Å². The first-order valence-electron chi connectivity index (χ1n) is 14.2. The van der Waals surface area contributed by atoms with Crippen molar-refractivity contribution in [1.29, 1.82) is 0 Å². The number of piperidine rings is 2. The van der Waals surface area contributed by atoms with Gasteiger partial charge in [0.15, 0.2) is 0 Å². The molecule has 0 spiro atoms. The highest BCUT2D eigenvalue weighted by atomic mass is 16.2. The zero-order chi connectivity index (χ0) is 23.6. The summed E-state index contributed by atoms with van der Waals surface area (Å²) in [6.45, 7) is 6.20. The molecule has 3 heterocycles. The zero-order valence-corrected chi connectivity index (χ0v) is 21.2. The molecule has 1 N–H and O–H groups in total. The van der Waals surface area contributed by atoms with E-state index in [4.69, 9.17) is 0 Å². The lowest BCUT2D eigenvalue weighted by atomic mass is 9.84. The number of carbonyl (C=O) groups excluding carboxylic acids is 1. The fraction of sp³-hybridized carbons (Fsp3) is 0.581. The van der Waals surface area contributed by atoms with Crippen molar-refractivity contribution in [2.75, 3.05) is 26.2 Å². The summed E-state index contributed by atoms with van der Waals surface area (Å²) in [5.41, 5.74) is 6.64. The molecule has 1 amide bonds. The van der Waals surface area contributed by atoms with Crippen LogP contribution in [0, 0.1) is 0 Å². The van der Waals surface area contributed by atoms with Gasteiger partial charge in [0, 0.05) is 31.2 Å². The maximum absolute atomic E-state index is 13.0. The summed E-state index contributed by atoms with van der Waals surface area (Å²) < 4.78 is 0. The van der Waals surface area contributed by atoms with Crippen LogP contribution in [0.4, 0.5) is 0 Å². The van der Waals surface area contributed by atoms with Gasteiger partial charge in [0.2, 0.25) is 0 Å². The Balaban J connectivity index is 1.03. The number of hydrogen-bond acceptors (Lipinski definition) is 3. The molecule has 1 unspecified atom stereocenters. The Morgan fingerprint density at radius 1 is 0.800 bits per heavy atom. The Bertz CT molecular complexity index is 1010. The summed E-state index contributed by atoms with van der Waals surface area (Å²) in [4.78, 5) is 17.7. The first-order valence-corrected chi connectivity index (χ1v) is 14.2. The van der Waals surface area contributed by atoms with Crippen LogP contribution in [0.15, 0.2) is 42.5 Å². The van der Waals surface area contributed by atoms with Gasteiger partial charge in [-0.05, 0) is 98.3 Å². The predicted octanol–water partition coefficient (Wildman–Crippen LogP) is 5.82. The molecule has 1 aliphatic carbocycles. The second-order valence-electron chi connectivity index (χ2n) is 11.5. The average molecular weight is 472 g/mol. The minimum Gasteiger partial charge on any atom is -0.330 e. The molecule has 6 rings (SSSR count). The highest BCUT2D eigenvalue weighted by molar-refractivity contribution is 5.98. The van der Waals surface area contributed by atoms with Gasteiger partial charge in [-0.1, -0.05) is 55.7 Å². The van der Waals surface area contributed by atoms with Crippen LogP contribution < -0.4 is 5.32 Å². The predicted molar refractivity (Wildman–Crippen MR) is 142 cm³/mol. The van der Waals surface area contributed by atoms with Crippen LogP contribution in [0.3, 0.4) is 0 Å². The quantitative estimate of drug-likeness (QED) is 0.597. The SMILES string of the molecule is O=C1c2ccc(C3CCN(Cc4ccc(C5CCCCC5)cc4)CC3)cc2CN1C1CCCNC1. The van der Waals surface area contributed by atoms with Crippen LogP contribution in [-0.2, 0) is 13.1 Å². The molecular weight excluding hydrogens is 430 g/mol. The van der Waals surface area contributed by atoms with Gasteiger partial charge in [0.05, 0.1) is 0 Å². The van der Waals surface area contributed by atoms with E-state index in [-0.39, 0.29) is 5.91 Å².